The van der Waals surface area contributed by atoms with Crippen LogP contribution in [0.1, 0.15) is 63.4 Å². The number of rotatable bonds is 7. The van der Waals surface area contributed by atoms with Crippen LogP contribution in [0.5, 0.6) is 0 Å². The number of aromatic nitrogens is 4. The van der Waals surface area contributed by atoms with Crippen LogP contribution in [0.25, 0.3) is 16.7 Å². The minimum Gasteiger partial charge on any atom is -0.352 e. The number of nitrogens with one attached hydrogen (secondary N) is 2. The fraction of sp³-hybridized carbons (Fsp3) is 0.500. The highest BCUT2D eigenvalue weighted by atomic mass is 16.2. The molecule has 2 heterocycles. The van der Waals surface area contributed by atoms with Crippen molar-refractivity contribution >= 4 is 28.5 Å². The third-order valence-corrected chi connectivity index (χ3v) is 5.63. The summed E-state index contributed by atoms with van der Waals surface area (Å²) in [6.45, 7) is 7.27. The summed E-state index contributed by atoms with van der Waals surface area (Å²) in [5.74, 6) is -0.437. The molecule has 0 spiro atoms. The van der Waals surface area contributed by atoms with Crippen molar-refractivity contribution in [3.63, 3.8) is 0 Å². The van der Waals surface area contributed by atoms with Crippen molar-refractivity contribution < 1.29 is 9.59 Å². The number of hydrogen-bond acceptors (Lipinski definition) is 5. The zero-order valence-electron chi connectivity index (χ0n) is 18.7. The van der Waals surface area contributed by atoms with Gasteiger partial charge in [0.2, 0.25) is 11.7 Å². The molecule has 10 nitrogen and oxygen atoms in total. The van der Waals surface area contributed by atoms with Crippen LogP contribution >= 0.6 is 0 Å². The number of benzene rings is 1. The maximum absolute atomic E-state index is 13.2. The van der Waals surface area contributed by atoms with Crippen molar-refractivity contribution in [2.75, 3.05) is 0 Å². The van der Waals surface area contributed by atoms with Crippen molar-refractivity contribution in [1.82, 2.24) is 29.4 Å². The van der Waals surface area contributed by atoms with E-state index in [0.717, 1.165) is 23.9 Å². The largest absolute Gasteiger partial charge is 0.352 e. The lowest BCUT2D eigenvalue weighted by Gasteiger charge is -2.13. The molecular formula is C22H28N6O4. The lowest BCUT2D eigenvalue weighted by molar-refractivity contribution is -0.122. The van der Waals surface area contributed by atoms with E-state index in [9.17, 15) is 19.2 Å². The number of carbonyl (C=O) groups is 2. The summed E-state index contributed by atoms with van der Waals surface area (Å²) in [7, 11) is 0. The highest BCUT2D eigenvalue weighted by molar-refractivity contribution is 5.98. The normalized spacial score (nSPS) is 14.8. The second-order valence-corrected chi connectivity index (χ2v) is 8.72. The van der Waals surface area contributed by atoms with Crippen molar-refractivity contribution in [1.29, 1.82) is 0 Å². The summed E-state index contributed by atoms with van der Waals surface area (Å²) < 4.78 is 3.92. The Balaban J connectivity index is 1.91. The molecule has 2 N–H and O–H groups in total. The summed E-state index contributed by atoms with van der Waals surface area (Å²) >= 11 is 0. The van der Waals surface area contributed by atoms with E-state index in [1.807, 2.05) is 27.7 Å². The third-order valence-electron chi connectivity index (χ3n) is 5.63. The predicted molar refractivity (Wildman–Crippen MR) is 120 cm³/mol. The number of carbonyl (C=O) groups excluding carboxylic acids is 2. The number of fused-ring (bicyclic) bond motifs is 3. The van der Waals surface area contributed by atoms with Gasteiger partial charge < -0.3 is 10.6 Å². The molecular weight excluding hydrogens is 412 g/mol. The Morgan fingerprint density at radius 2 is 1.88 bits per heavy atom. The number of nitrogens with zero attached hydrogens (tertiary/aromatic N) is 4. The first-order valence-electron chi connectivity index (χ1n) is 11.0. The summed E-state index contributed by atoms with van der Waals surface area (Å²) in [6, 6.07) is 4.61. The average molecular weight is 441 g/mol. The van der Waals surface area contributed by atoms with E-state index in [0.29, 0.717) is 16.5 Å². The first-order chi connectivity index (χ1) is 15.2. The summed E-state index contributed by atoms with van der Waals surface area (Å²) in [4.78, 5) is 51.4. The first-order valence-corrected chi connectivity index (χ1v) is 11.0. The van der Waals surface area contributed by atoms with Gasteiger partial charge in [-0.25, -0.2) is 13.9 Å². The second kappa shape index (κ2) is 8.25. The third kappa shape index (κ3) is 3.92. The zero-order chi connectivity index (χ0) is 23.2. The van der Waals surface area contributed by atoms with Crippen LogP contribution in [0.4, 0.5) is 0 Å². The average Bonchev–Trinajstić information content (AvgIpc) is 3.51. The van der Waals surface area contributed by atoms with Gasteiger partial charge in [-0.05, 0) is 58.2 Å². The van der Waals surface area contributed by atoms with E-state index in [2.05, 4.69) is 15.7 Å². The molecule has 1 atom stereocenters. The van der Waals surface area contributed by atoms with Gasteiger partial charge in [0.05, 0.1) is 10.9 Å². The highest BCUT2D eigenvalue weighted by Crippen LogP contribution is 2.35. The van der Waals surface area contributed by atoms with Gasteiger partial charge in [-0.1, -0.05) is 6.92 Å². The van der Waals surface area contributed by atoms with Crippen LogP contribution in [-0.2, 0) is 11.3 Å². The quantitative estimate of drug-likeness (QED) is 0.572. The molecule has 1 aromatic carbocycles. The van der Waals surface area contributed by atoms with E-state index in [-0.39, 0.29) is 47.8 Å². The van der Waals surface area contributed by atoms with E-state index < -0.39 is 5.69 Å². The van der Waals surface area contributed by atoms with Crippen LogP contribution in [-0.4, -0.2) is 42.6 Å². The van der Waals surface area contributed by atoms with E-state index in [4.69, 9.17) is 0 Å². The molecule has 1 unspecified atom stereocenters. The first kappa shape index (κ1) is 21.8. The lowest BCUT2D eigenvalue weighted by atomic mass is 10.1. The fourth-order valence-corrected chi connectivity index (χ4v) is 3.70. The van der Waals surface area contributed by atoms with Gasteiger partial charge in [0.1, 0.15) is 6.54 Å². The molecule has 2 aromatic heterocycles. The van der Waals surface area contributed by atoms with Gasteiger partial charge in [0.15, 0.2) is 0 Å². The van der Waals surface area contributed by atoms with Crippen LogP contribution in [0, 0.1) is 0 Å². The maximum atomic E-state index is 13.2. The smallest absolute Gasteiger partial charge is 0.352 e. The Labute approximate surface area is 184 Å². The minimum absolute atomic E-state index is 0.00831. The van der Waals surface area contributed by atoms with Gasteiger partial charge in [0.25, 0.3) is 11.5 Å². The second-order valence-electron chi connectivity index (χ2n) is 8.72. The molecule has 1 fully saturated rings. The fourth-order valence-electron chi connectivity index (χ4n) is 3.70. The van der Waals surface area contributed by atoms with Gasteiger partial charge in [-0.2, -0.15) is 0 Å². The van der Waals surface area contributed by atoms with Crippen LogP contribution in [0.3, 0.4) is 0 Å². The summed E-state index contributed by atoms with van der Waals surface area (Å²) in [5.41, 5.74) is -0.135. The van der Waals surface area contributed by atoms with E-state index >= 15 is 0 Å². The van der Waals surface area contributed by atoms with Gasteiger partial charge in [-0.15, -0.1) is 5.10 Å². The lowest BCUT2D eigenvalue weighted by Crippen LogP contribution is -2.36. The van der Waals surface area contributed by atoms with E-state index in [1.165, 1.54) is 8.97 Å². The Morgan fingerprint density at radius 3 is 2.50 bits per heavy atom. The molecule has 0 bridgehead atoms. The SMILES string of the molecule is CCC(C)NC(=O)c1ccc2c(=O)n(C3CC3)c3nn(CC(=O)NC(C)C)c(=O)n3c2c1. The molecule has 1 aliphatic rings. The molecule has 1 saturated carbocycles. The molecule has 10 heteroatoms. The Hall–Kier alpha value is -3.43. The maximum Gasteiger partial charge on any atom is 0.352 e. The van der Waals surface area contributed by atoms with Crippen molar-refractivity contribution in [3.8, 4) is 0 Å². The Bertz CT molecular complexity index is 1330. The molecule has 0 aliphatic heterocycles. The summed E-state index contributed by atoms with van der Waals surface area (Å²) in [6.07, 6.45) is 2.43. The molecule has 0 saturated heterocycles. The standard InChI is InChI=1S/C22H28N6O4/c1-5-13(4)24-19(30)14-6-9-16-17(10-14)28-21(27(20(16)31)15-7-8-15)25-26(22(28)32)11-18(29)23-12(2)3/h6,9-10,12-13,15H,5,7-8,11H2,1-4H3,(H,23,29)(H,24,30). The molecule has 3 aromatic rings. The van der Waals surface area contributed by atoms with Gasteiger partial charge in [-0.3, -0.25) is 19.0 Å². The number of amides is 2. The van der Waals surface area contributed by atoms with Crippen molar-refractivity contribution in [3.05, 3.63) is 44.6 Å². The monoisotopic (exact) mass is 440 g/mol. The van der Waals surface area contributed by atoms with E-state index in [1.54, 1.807) is 18.2 Å². The summed E-state index contributed by atoms with van der Waals surface area (Å²) in [5, 5.41) is 10.3. The molecule has 0 radical (unpaired) electrons. The molecule has 32 heavy (non-hydrogen) atoms. The highest BCUT2D eigenvalue weighted by Gasteiger charge is 2.30. The molecule has 1 aliphatic carbocycles. The number of hydrogen-bond donors (Lipinski definition) is 2. The minimum atomic E-state index is -0.530. The molecule has 2 amide bonds. The van der Waals surface area contributed by atoms with Crippen LogP contribution in [0.2, 0.25) is 0 Å². The Kier molecular flexibility index (Phi) is 5.62. The molecule has 4 rings (SSSR count). The van der Waals surface area contributed by atoms with Crippen molar-refractivity contribution in [2.24, 2.45) is 0 Å². The topological polar surface area (TPSA) is 120 Å². The van der Waals surface area contributed by atoms with Crippen molar-refractivity contribution in [2.45, 2.75) is 71.6 Å². The predicted octanol–water partition coefficient (Wildman–Crippen LogP) is 1.20. The van der Waals surface area contributed by atoms with Crippen LogP contribution < -0.4 is 21.9 Å². The molecule has 170 valence electrons. The van der Waals surface area contributed by atoms with Gasteiger partial charge in [0, 0.05) is 23.7 Å². The zero-order valence-corrected chi connectivity index (χ0v) is 18.7. The van der Waals surface area contributed by atoms with Gasteiger partial charge >= 0.3 is 5.69 Å². The Morgan fingerprint density at radius 1 is 1.16 bits per heavy atom. The van der Waals surface area contributed by atoms with Crippen LogP contribution in [0.15, 0.2) is 27.8 Å².